The van der Waals surface area contributed by atoms with Gasteiger partial charge in [0.1, 0.15) is 5.65 Å². The van der Waals surface area contributed by atoms with Gasteiger partial charge in [-0.2, -0.15) is 0 Å². The highest BCUT2D eigenvalue weighted by atomic mass is 16.1. The number of pyridine rings is 2. The van der Waals surface area contributed by atoms with E-state index in [0.717, 1.165) is 37.7 Å². The number of nitrogens with one attached hydrogen (secondary N) is 1. The summed E-state index contributed by atoms with van der Waals surface area (Å²) in [6, 6.07) is 13.1. The fourth-order valence-electron chi connectivity index (χ4n) is 3.96. The van der Waals surface area contributed by atoms with Crippen molar-refractivity contribution in [1.29, 1.82) is 0 Å². The van der Waals surface area contributed by atoms with E-state index in [1.54, 1.807) is 28.8 Å². The van der Waals surface area contributed by atoms with Crippen molar-refractivity contribution in [1.82, 2.24) is 19.7 Å². The summed E-state index contributed by atoms with van der Waals surface area (Å²) in [5, 5.41) is 3.43. The number of benzene rings is 1. The Balaban J connectivity index is 1.35. The first kappa shape index (κ1) is 22.6. The monoisotopic (exact) mass is 442 g/mol. The lowest BCUT2D eigenvalue weighted by atomic mass is 10.1. The molecule has 0 spiro atoms. The number of carbonyl (C=O) groups is 1. The summed E-state index contributed by atoms with van der Waals surface area (Å²) in [6.45, 7) is 4.80. The summed E-state index contributed by atoms with van der Waals surface area (Å²) in [7, 11) is 0. The number of amides is 1. The summed E-state index contributed by atoms with van der Waals surface area (Å²) >= 11 is 0. The van der Waals surface area contributed by atoms with Gasteiger partial charge in [0.2, 0.25) is 0 Å². The molecule has 0 radical (unpaired) electrons. The van der Waals surface area contributed by atoms with Crippen LogP contribution in [0, 0.1) is 0 Å². The van der Waals surface area contributed by atoms with Crippen LogP contribution in [0.25, 0.3) is 16.6 Å². The van der Waals surface area contributed by atoms with Gasteiger partial charge in [0.25, 0.3) is 11.5 Å². The molecule has 170 valence electrons. The van der Waals surface area contributed by atoms with Crippen molar-refractivity contribution >= 4 is 22.5 Å². The van der Waals surface area contributed by atoms with E-state index in [2.05, 4.69) is 35.2 Å². The molecule has 1 N–H and O–H groups in total. The molecule has 0 saturated heterocycles. The molecule has 6 heteroatoms. The maximum absolute atomic E-state index is 13.1. The minimum atomic E-state index is -0.160. The molecule has 3 heterocycles. The van der Waals surface area contributed by atoms with E-state index in [1.807, 2.05) is 30.6 Å². The zero-order valence-corrected chi connectivity index (χ0v) is 19.3. The second-order valence-corrected chi connectivity index (χ2v) is 8.78. The van der Waals surface area contributed by atoms with Gasteiger partial charge in [0.15, 0.2) is 0 Å². The molecule has 1 amide bonds. The zero-order chi connectivity index (χ0) is 23.2. The smallest absolute Gasteiger partial charge is 0.265 e. The Morgan fingerprint density at radius 3 is 2.70 bits per heavy atom. The van der Waals surface area contributed by atoms with Gasteiger partial charge in [0, 0.05) is 30.7 Å². The van der Waals surface area contributed by atoms with Crippen molar-refractivity contribution in [3.05, 3.63) is 88.1 Å². The lowest BCUT2D eigenvalue weighted by molar-refractivity contribution is 0.0953. The van der Waals surface area contributed by atoms with Crippen LogP contribution < -0.4 is 10.9 Å². The predicted molar refractivity (Wildman–Crippen MR) is 132 cm³/mol. The molecule has 0 atom stereocenters. The lowest BCUT2D eigenvalue weighted by Crippen LogP contribution is -2.25. The largest absolute Gasteiger partial charge is 0.352 e. The van der Waals surface area contributed by atoms with E-state index in [9.17, 15) is 9.59 Å². The number of carbonyl (C=O) groups excluding carboxylic acids is 1. The minimum Gasteiger partial charge on any atom is -0.352 e. The minimum absolute atomic E-state index is 0.152. The van der Waals surface area contributed by atoms with E-state index in [0.29, 0.717) is 34.6 Å². The lowest BCUT2D eigenvalue weighted by Gasteiger charge is -2.10. The number of rotatable bonds is 9. The van der Waals surface area contributed by atoms with Crippen LogP contribution >= 0.6 is 0 Å². The number of unbranched alkanes of at least 4 members (excludes halogenated alkanes) is 3. The standard InChI is InChI=1S/C27H30N4O2/c1-19(2)22-11-13-25-30-24-12-10-21(16-23(24)27(33)31(25)18-22)26(32)29-15-6-4-3-5-8-20-9-7-14-28-17-20/h7,9-14,16-19H,3-6,8,15H2,1-2H3,(H,29,32). The Morgan fingerprint density at radius 1 is 1.06 bits per heavy atom. The summed E-state index contributed by atoms with van der Waals surface area (Å²) < 4.78 is 1.57. The molecule has 6 nitrogen and oxygen atoms in total. The highest BCUT2D eigenvalue weighted by molar-refractivity contribution is 5.98. The summed E-state index contributed by atoms with van der Waals surface area (Å²) in [5.41, 5.74) is 3.87. The molecule has 0 bridgehead atoms. The third kappa shape index (κ3) is 5.45. The third-order valence-electron chi connectivity index (χ3n) is 5.96. The first-order valence-electron chi connectivity index (χ1n) is 11.7. The topological polar surface area (TPSA) is 76.4 Å². The van der Waals surface area contributed by atoms with Gasteiger partial charge in [-0.05, 0) is 66.6 Å². The Morgan fingerprint density at radius 2 is 1.91 bits per heavy atom. The Bertz CT molecular complexity index is 1310. The van der Waals surface area contributed by atoms with Crippen LogP contribution in [0.15, 0.2) is 65.8 Å². The summed E-state index contributed by atoms with van der Waals surface area (Å²) in [6.07, 6.45) is 10.8. The molecule has 1 aromatic carbocycles. The van der Waals surface area contributed by atoms with Crippen LogP contribution in [0.3, 0.4) is 0 Å². The molecule has 0 aliphatic rings. The van der Waals surface area contributed by atoms with E-state index in [1.165, 1.54) is 5.56 Å². The summed E-state index contributed by atoms with van der Waals surface area (Å²) in [5.74, 6) is 0.150. The molecule has 0 saturated carbocycles. The molecule has 4 rings (SSSR count). The zero-order valence-electron chi connectivity index (χ0n) is 19.3. The van der Waals surface area contributed by atoms with Crippen LogP contribution in [0.5, 0.6) is 0 Å². The highest BCUT2D eigenvalue weighted by Crippen LogP contribution is 2.17. The maximum atomic E-state index is 13.1. The number of aryl methyl sites for hydroxylation is 1. The Labute approximate surface area is 193 Å². The van der Waals surface area contributed by atoms with Crippen molar-refractivity contribution in [3.63, 3.8) is 0 Å². The highest BCUT2D eigenvalue weighted by Gasteiger charge is 2.11. The van der Waals surface area contributed by atoms with E-state index < -0.39 is 0 Å². The molecule has 0 fully saturated rings. The fourth-order valence-corrected chi connectivity index (χ4v) is 3.96. The number of nitrogens with zero attached hydrogens (tertiary/aromatic N) is 3. The van der Waals surface area contributed by atoms with Crippen molar-refractivity contribution < 1.29 is 4.79 Å². The van der Waals surface area contributed by atoms with Gasteiger partial charge in [-0.1, -0.05) is 38.8 Å². The van der Waals surface area contributed by atoms with E-state index in [-0.39, 0.29) is 11.5 Å². The normalized spacial score (nSPS) is 11.4. The molecule has 0 aliphatic heterocycles. The second kappa shape index (κ2) is 10.4. The Hall–Kier alpha value is -3.54. The van der Waals surface area contributed by atoms with Crippen molar-refractivity contribution in [2.45, 2.75) is 51.9 Å². The third-order valence-corrected chi connectivity index (χ3v) is 5.96. The van der Waals surface area contributed by atoms with Gasteiger partial charge >= 0.3 is 0 Å². The summed E-state index contributed by atoms with van der Waals surface area (Å²) in [4.78, 5) is 34.5. The van der Waals surface area contributed by atoms with Gasteiger partial charge in [-0.25, -0.2) is 4.98 Å². The van der Waals surface area contributed by atoms with Gasteiger partial charge < -0.3 is 5.32 Å². The van der Waals surface area contributed by atoms with Crippen molar-refractivity contribution in [2.75, 3.05) is 6.54 Å². The Kier molecular flexibility index (Phi) is 7.13. The van der Waals surface area contributed by atoms with Crippen LogP contribution in [-0.2, 0) is 6.42 Å². The number of fused-ring (bicyclic) bond motifs is 2. The SMILES string of the molecule is CC(C)c1ccc2nc3ccc(C(=O)NCCCCCCc4cccnc4)cc3c(=O)n2c1. The van der Waals surface area contributed by atoms with E-state index >= 15 is 0 Å². The number of hydrogen-bond acceptors (Lipinski definition) is 4. The molecular formula is C27H30N4O2. The van der Waals surface area contributed by atoms with Crippen LogP contribution in [-0.4, -0.2) is 26.8 Å². The van der Waals surface area contributed by atoms with Crippen LogP contribution in [0.1, 0.15) is 66.9 Å². The van der Waals surface area contributed by atoms with Gasteiger partial charge in [0.05, 0.1) is 10.9 Å². The number of aromatic nitrogens is 3. The van der Waals surface area contributed by atoms with Crippen molar-refractivity contribution in [2.24, 2.45) is 0 Å². The quantitative estimate of drug-likeness (QED) is 0.295. The average molecular weight is 443 g/mol. The molecular weight excluding hydrogens is 412 g/mol. The maximum Gasteiger partial charge on any atom is 0.265 e. The first-order valence-corrected chi connectivity index (χ1v) is 11.7. The van der Waals surface area contributed by atoms with Crippen LogP contribution in [0.4, 0.5) is 0 Å². The fraction of sp³-hybridized carbons (Fsp3) is 0.333. The molecule has 4 aromatic rings. The van der Waals surface area contributed by atoms with E-state index in [4.69, 9.17) is 0 Å². The molecule has 3 aromatic heterocycles. The first-order chi connectivity index (χ1) is 16.0. The van der Waals surface area contributed by atoms with Crippen molar-refractivity contribution in [3.8, 4) is 0 Å². The van der Waals surface area contributed by atoms with Crippen LogP contribution in [0.2, 0.25) is 0 Å². The molecule has 0 aliphatic carbocycles. The predicted octanol–water partition coefficient (Wildman–Crippen LogP) is 4.90. The second-order valence-electron chi connectivity index (χ2n) is 8.78. The average Bonchev–Trinajstić information content (AvgIpc) is 2.83. The number of hydrogen-bond donors (Lipinski definition) is 1. The molecule has 0 unspecified atom stereocenters. The van der Waals surface area contributed by atoms with Gasteiger partial charge in [-0.15, -0.1) is 0 Å². The molecule has 33 heavy (non-hydrogen) atoms. The van der Waals surface area contributed by atoms with Gasteiger partial charge in [-0.3, -0.25) is 19.0 Å².